The number of rotatable bonds is 3. The van der Waals surface area contributed by atoms with Crippen molar-refractivity contribution >= 4 is 51.7 Å². The minimum Gasteiger partial charge on any atom is -0.298 e. The van der Waals surface area contributed by atoms with Gasteiger partial charge in [0.2, 0.25) is 5.91 Å². The Hall–Kier alpha value is -1.36. The van der Waals surface area contributed by atoms with Crippen LogP contribution in [0.4, 0.5) is 5.13 Å². The van der Waals surface area contributed by atoms with Gasteiger partial charge in [0.05, 0.1) is 5.69 Å². The van der Waals surface area contributed by atoms with Gasteiger partial charge in [0.1, 0.15) is 0 Å². The quantitative estimate of drug-likeness (QED) is 0.829. The van der Waals surface area contributed by atoms with Crippen LogP contribution in [0.2, 0.25) is 10.0 Å². The lowest BCUT2D eigenvalue weighted by Crippen LogP contribution is -2.07. The highest BCUT2D eigenvalue weighted by Gasteiger charge is 2.06. The first-order chi connectivity index (χ1) is 9.47. The molecule has 0 saturated carbocycles. The van der Waals surface area contributed by atoms with Crippen molar-refractivity contribution in [3.8, 4) is 0 Å². The molecule has 20 heavy (non-hydrogen) atoms. The van der Waals surface area contributed by atoms with Crippen LogP contribution in [0, 0.1) is 13.8 Å². The van der Waals surface area contributed by atoms with E-state index in [0.29, 0.717) is 20.7 Å². The number of hydrogen-bond acceptors (Lipinski definition) is 3. The summed E-state index contributed by atoms with van der Waals surface area (Å²) in [6, 6.07) is 5.19. The number of anilines is 1. The van der Waals surface area contributed by atoms with E-state index in [0.717, 1.165) is 10.6 Å². The summed E-state index contributed by atoms with van der Waals surface area (Å²) in [4.78, 5) is 17.1. The van der Waals surface area contributed by atoms with E-state index in [4.69, 9.17) is 23.2 Å². The number of nitrogens with one attached hydrogen (secondary N) is 1. The van der Waals surface area contributed by atoms with Crippen LogP contribution in [0.5, 0.6) is 0 Å². The molecule has 0 saturated heterocycles. The molecular weight excluding hydrogens is 315 g/mol. The number of aryl methyl sites for hydroxylation is 2. The molecular formula is C14H12Cl2N2OS. The molecule has 1 amide bonds. The van der Waals surface area contributed by atoms with E-state index in [9.17, 15) is 4.79 Å². The van der Waals surface area contributed by atoms with Crippen molar-refractivity contribution in [2.45, 2.75) is 13.8 Å². The van der Waals surface area contributed by atoms with Crippen molar-refractivity contribution in [3.63, 3.8) is 0 Å². The summed E-state index contributed by atoms with van der Waals surface area (Å²) >= 11 is 13.5. The Bertz CT molecular complexity index is 640. The monoisotopic (exact) mass is 326 g/mol. The number of halogens is 2. The first-order valence-electron chi connectivity index (χ1n) is 5.84. The highest BCUT2D eigenvalue weighted by Crippen LogP contribution is 2.25. The summed E-state index contributed by atoms with van der Waals surface area (Å²) in [5.74, 6) is -0.269. The van der Waals surface area contributed by atoms with Crippen LogP contribution >= 0.6 is 34.5 Å². The highest BCUT2D eigenvalue weighted by molar-refractivity contribution is 7.15. The Morgan fingerprint density at radius 2 is 1.95 bits per heavy atom. The van der Waals surface area contributed by atoms with Crippen molar-refractivity contribution in [1.82, 2.24) is 4.98 Å². The predicted octanol–water partition coefficient (Wildman–Crippen LogP) is 4.72. The molecule has 0 aliphatic rings. The molecule has 0 aliphatic heterocycles. The first-order valence-corrected chi connectivity index (χ1v) is 7.41. The second-order valence-corrected chi connectivity index (χ2v) is 6.14. The number of carbonyl (C=O) groups is 1. The van der Waals surface area contributed by atoms with Crippen molar-refractivity contribution < 1.29 is 4.79 Å². The van der Waals surface area contributed by atoms with E-state index in [1.165, 1.54) is 17.4 Å². The maximum absolute atomic E-state index is 11.8. The van der Waals surface area contributed by atoms with Crippen LogP contribution < -0.4 is 5.32 Å². The maximum Gasteiger partial charge on any atom is 0.250 e. The van der Waals surface area contributed by atoms with Crippen molar-refractivity contribution in [3.05, 3.63) is 50.5 Å². The SMILES string of the molecule is Cc1nc(NC(=O)/C=C/c2c(Cl)cccc2Cl)sc1C. The number of amides is 1. The summed E-state index contributed by atoms with van der Waals surface area (Å²) in [5.41, 5.74) is 1.54. The zero-order valence-electron chi connectivity index (χ0n) is 10.9. The molecule has 0 bridgehead atoms. The average Bonchev–Trinajstić information content (AvgIpc) is 2.67. The number of carbonyl (C=O) groups excluding carboxylic acids is 1. The second-order valence-electron chi connectivity index (χ2n) is 4.12. The van der Waals surface area contributed by atoms with Crippen molar-refractivity contribution in [1.29, 1.82) is 0 Å². The van der Waals surface area contributed by atoms with Crippen LogP contribution in [-0.4, -0.2) is 10.9 Å². The summed E-state index contributed by atoms with van der Waals surface area (Å²) in [5, 5.41) is 4.30. The Kier molecular flexibility index (Phi) is 4.81. The van der Waals surface area contributed by atoms with E-state index in [1.54, 1.807) is 24.3 Å². The standard InChI is InChI=1S/C14H12Cl2N2OS/c1-8-9(2)20-14(17-8)18-13(19)7-6-10-11(15)4-3-5-12(10)16/h3-7H,1-2H3,(H,17,18,19)/b7-6+. The smallest absolute Gasteiger partial charge is 0.250 e. The van der Waals surface area contributed by atoms with Gasteiger partial charge < -0.3 is 0 Å². The maximum atomic E-state index is 11.8. The lowest BCUT2D eigenvalue weighted by Gasteiger charge is -2.00. The van der Waals surface area contributed by atoms with Gasteiger partial charge in [-0.2, -0.15) is 0 Å². The van der Waals surface area contributed by atoms with E-state index in [2.05, 4.69) is 10.3 Å². The van der Waals surface area contributed by atoms with Gasteiger partial charge in [0.15, 0.2) is 5.13 Å². The van der Waals surface area contributed by atoms with Crippen LogP contribution in [0.25, 0.3) is 6.08 Å². The van der Waals surface area contributed by atoms with E-state index in [-0.39, 0.29) is 5.91 Å². The molecule has 2 rings (SSSR count). The Balaban J connectivity index is 2.10. The minimum absolute atomic E-state index is 0.269. The van der Waals surface area contributed by atoms with Gasteiger partial charge in [-0.15, -0.1) is 11.3 Å². The molecule has 1 aromatic heterocycles. The van der Waals surface area contributed by atoms with Gasteiger partial charge in [0, 0.05) is 26.6 Å². The van der Waals surface area contributed by atoms with Gasteiger partial charge in [-0.25, -0.2) is 4.98 Å². The molecule has 6 heteroatoms. The topological polar surface area (TPSA) is 42.0 Å². The lowest BCUT2D eigenvalue weighted by molar-refractivity contribution is -0.111. The lowest BCUT2D eigenvalue weighted by atomic mass is 10.2. The average molecular weight is 327 g/mol. The van der Waals surface area contributed by atoms with Crippen LogP contribution in [0.1, 0.15) is 16.1 Å². The van der Waals surface area contributed by atoms with E-state index in [1.807, 2.05) is 13.8 Å². The first kappa shape index (κ1) is 15.0. The Morgan fingerprint density at radius 3 is 2.50 bits per heavy atom. The number of nitrogens with zero attached hydrogens (tertiary/aromatic N) is 1. The molecule has 2 aromatic rings. The third-order valence-electron chi connectivity index (χ3n) is 2.66. The third-order valence-corrected chi connectivity index (χ3v) is 4.31. The van der Waals surface area contributed by atoms with Crippen LogP contribution in [0.3, 0.4) is 0 Å². The molecule has 104 valence electrons. The third kappa shape index (κ3) is 3.60. The molecule has 0 atom stereocenters. The summed E-state index contributed by atoms with van der Waals surface area (Å²) in [6.07, 6.45) is 2.98. The molecule has 3 nitrogen and oxygen atoms in total. The van der Waals surface area contributed by atoms with Crippen LogP contribution in [0.15, 0.2) is 24.3 Å². The zero-order valence-corrected chi connectivity index (χ0v) is 13.2. The molecule has 0 radical (unpaired) electrons. The normalized spacial score (nSPS) is 11.0. The molecule has 1 N–H and O–H groups in total. The van der Waals surface area contributed by atoms with Gasteiger partial charge in [-0.3, -0.25) is 10.1 Å². The molecule has 0 spiro atoms. The molecule has 1 aromatic carbocycles. The van der Waals surface area contributed by atoms with E-state index >= 15 is 0 Å². The predicted molar refractivity (Wildman–Crippen MR) is 85.7 cm³/mol. The number of hydrogen-bond donors (Lipinski definition) is 1. The summed E-state index contributed by atoms with van der Waals surface area (Å²) in [6.45, 7) is 3.86. The van der Waals surface area contributed by atoms with E-state index < -0.39 is 0 Å². The second kappa shape index (κ2) is 6.39. The molecule has 0 unspecified atom stereocenters. The summed E-state index contributed by atoms with van der Waals surface area (Å²) in [7, 11) is 0. The molecule has 0 aliphatic carbocycles. The van der Waals surface area contributed by atoms with Crippen molar-refractivity contribution in [2.24, 2.45) is 0 Å². The number of aromatic nitrogens is 1. The van der Waals surface area contributed by atoms with Crippen LogP contribution in [-0.2, 0) is 4.79 Å². The molecule has 0 fully saturated rings. The van der Waals surface area contributed by atoms with Gasteiger partial charge >= 0.3 is 0 Å². The fourth-order valence-electron chi connectivity index (χ4n) is 1.50. The number of benzene rings is 1. The largest absolute Gasteiger partial charge is 0.298 e. The van der Waals surface area contributed by atoms with Gasteiger partial charge in [0.25, 0.3) is 0 Å². The van der Waals surface area contributed by atoms with Crippen molar-refractivity contribution in [2.75, 3.05) is 5.32 Å². The summed E-state index contributed by atoms with van der Waals surface area (Å²) < 4.78 is 0. The fourth-order valence-corrected chi connectivity index (χ4v) is 2.84. The minimum atomic E-state index is -0.269. The highest BCUT2D eigenvalue weighted by atomic mass is 35.5. The zero-order chi connectivity index (χ0) is 14.7. The van der Waals surface area contributed by atoms with Gasteiger partial charge in [-0.05, 0) is 32.1 Å². The Morgan fingerprint density at radius 1 is 1.30 bits per heavy atom. The van der Waals surface area contributed by atoms with Gasteiger partial charge in [-0.1, -0.05) is 29.3 Å². The number of thiazole rings is 1. The fraction of sp³-hybridized carbons (Fsp3) is 0.143. The molecule has 1 heterocycles. The Labute approximate surface area is 131 Å².